The summed E-state index contributed by atoms with van der Waals surface area (Å²) in [5.74, 6) is -1.24. The van der Waals surface area contributed by atoms with E-state index >= 15 is 4.39 Å². The first-order valence-corrected chi connectivity index (χ1v) is 19.3. The van der Waals surface area contributed by atoms with Gasteiger partial charge in [-0.3, -0.25) is 9.59 Å². The van der Waals surface area contributed by atoms with Gasteiger partial charge in [0.2, 0.25) is 6.36 Å². The molecule has 2 fully saturated rings. The first kappa shape index (κ1) is 43.4. The van der Waals surface area contributed by atoms with Crippen molar-refractivity contribution in [3.8, 4) is 0 Å². The second-order valence-corrected chi connectivity index (χ2v) is 14.0. The molecule has 0 spiro atoms. The summed E-state index contributed by atoms with van der Waals surface area (Å²) in [6.07, 6.45) is -11.7. The predicted octanol–water partition coefficient (Wildman–Crippen LogP) is 6.94. The van der Waals surface area contributed by atoms with Crippen molar-refractivity contribution < 1.29 is 56.6 Å². The maximum absolute atomic E-state index is 16.0. The molecule has 2 saturated heterocycles. The number of benzene rings is 4. The number of alkyl halides is 1. The molecule has 15 heteroatoms. The van der Waals surface area contributed by atoms with Crippen LogP contribution < -0.4 is 0 Å². The molecule has 2 aliphatic rings. The minimum atomic E-state index is -2.10. The van der Waals surface area contributed by atoms with Gasteiger partial charge in [0.25, 0.3) is 0 Å². The lowest BCUT2D eigenvalue weighted by molar-refractivity contribution is -0.354. The normalized spacial score (nSPS) is 26.6. The van der Waals surface area contributed by atoms with Crippen LogP contribution in [0.1, 0.15) is 36.1 Å². The molecule has 0 amide bonds. The van der Waals surface area contributed by atoms with Crippen LogP contribution in [0, 0.1) is 0 Å². The Balaban J connectivity index is 1.38. The monoisotopic (exact) mass is 813 g/mol. The number of halogens is 1. The van der Waals surface area contributed by atoms with Gasteiger partial charge in [0.1, 0.15) is 49.3 Å². The molecule has 59 heavy (non-hydrogen) atoms. The summed E-state index contributed by atoms with van der Waals surface area (Å²) >= 11 is 0. The van der Waals surface area contributed by atoms with E-state index in [0.717, 1.165) is 22.3 Å². The van der Waals surface area contributed by atoms with E-state index in [0.29, 0.717) is 0 Å². The molecule has 2 heterocycles. The lowest BCUT2D eigenvalue weighted by atomic mass is 9.95. The Morgan fingerprint density at radius 2 is 1.08 bits per heavy atom. The average Bonchev–Trinajstić information content (AvgIpc) is 3.24. The van der Waals surface area contributed by atoms with Crippen molar-refractivity contribution in [3.05, 3.63) is 154 Å². The highest BCUT2D eigenvalue weighted by molar-refractivity contribution is 5.66. The SMILES string of the molecule is CC(=O)OC[C@H]1O[C@H](O[C@H]2[C@H](OCc3ccccc3)[C@@H](N=[N+]=[N-])[C@H](F)O[C@@H]2COCc2ccccc2)[C@@H](OCc2ccccc2)[C@@H](OC(C)=O)[C@@H]1OCc1ccccc1. The summed E-state index contributed by atoms with van der Waals surface area (Å²) in [7, 11) is 0. The summed E-state index contributed by atoms with van der Waals surface area (Å²) in [6.45, 7) is 2.28. The smallest absolute Gasteiger partial charge is 0.303 e. The number of ether oxygens (including phenoxy) is 9. The van der Waals surface area contributed by atoms with E-state index < -0.39 is 73.4 Å². The van der Waals surface area contributed by atoms with E-state index in [1.807, 2.05) is 121 Å². The largest absolute Gasteiger partial charge is 0.463 e. The van der Waals surface area contributed by atoms with Crippen molar-refractivity contribution in [1.82, 2.24) is 0 Å². The Morgan fingerprint density at radius 1 is 0.610 bits per heavy atom. The second kappa shape index (κ2) is 22.2. The Morgan fingerprint density at radius 3 is 1.58 bits per heavy atom. The van der Waals surface area contributed by atoms with Gasteiger partial charge in [-0.1, -0.05) is 126 Å². The van der Waals surface area contributed by atoms with E-state index in [1.165, 1.54) is 13.8 Å². The standard InChI is InChI=1S/C44H48FN3O11/c1-29(49)52-28-36-38(53-24-32-17-9-4-10-18-32)41(56-30(2)50)42(55-26-34-21-13-6-14-22-34)44(58-36)59-39-35(27-51-23-31-15-7-3-8-16-31)57-43(45)37(47-48-46)40(39)54-25-33-19-11-5-12-20-33/h3-22,35-44H,23-28H2,1-2H3/t35-,36-,37-,38-,39-,40-,41+,42+,43-,44-/m1/s1. The number of hydrogen-bond acceptors (Lipinski definition) is 12. The van der Waals surface area contributed by atoms with Gasteiger partial charge >= 0.3 is 11.9 Å². The predicted molar refractivity (Wildman–Crippen MR) is 210 cm³/mol. The highest BCUT2D eigenvalue weighted by atomic mass is 19.1. The number of nitrogens with zero attached hydrogens (tertiary/aromatic N) is 3. The summed E-state index contributed by atoms with van der Waals surface area (Å²) < 4.78 is 72.2. The fraction of sp³-hybridized carbons (Fsp3) is 0.409. The molecule has 0 aliphatic carbocycles. The number of azide groups is 1. The zero-order valence-electron chi connectivity index (χ0n) is 32.8. The van der Waals surface area contributed by atoms with E-state index in [-0.39, 0.29) is 39.6 Å². The van der Waals surface area contributed by atoms with Crippen LogP contribution in [0.2, 0.25) is 0 Å². The minimum Gasteiger partial charge on any atom is -0.463 e. The van der Waals surface area contributed by atoms with Gasteiger partial charge in [-0.25, -0.2) is 4.39 Å². The zero-order chi connectivity index (χ0) is 41.4. The highest BCUT2D eigenvalue weighted by Crippen LogP contribution is 2.36. The van der Waals surface area contributed by atoms with E-state index in [4.69, 9.17) is 42.6 Å². The van der Waals surface area contributed by atoms with Crippen LogP contribution in [0.15, 0.2) is 126 Å². The maximum Gasteiger partial charge on any atom is 0.303 e. The third-order valence-electron chi connectivity index (χ3n) is 9.67. The lowest BCUT2D eigenvalue weighted by Crippen LogP contribution is -2.65. The molecule has 6 rings (SSSR count). The number of esters is 2. The van der Waals surface area contributed by atoms with Crippen molar-refractivity contribution in [2.45, 2.75) is 102 Å². The summed E-state index contributed by atoms with van der Waals surface area (Å²) in [5, 5.41) is 3.76. The molecule has 0 aromatic heterocycles. The number of carbonyl (C=O) groups is 2. The van der Waals surface area contributed by atoms with E-state index in [2.05, 4.69) is 10.0 Å². The Hall–Kier alpha value is -5.22. The molecule has 0 unspecified atom stereocenters. The minimum absolute atomic E-state index is 0.00681. The topological polar surface area (TPSA) is 166 Å². The van der Waals surface area contributed by atoms with E-state index in [1.54, 1.807) is 0 Å². The molecule has 4 aromatic rings. The van der Waals surface area contributed by atoms with Gasteiger partial charge in [0.05, 0.1) is 33.0 Å². The molecule has 2 aliphatic heterocycles. The van der Waals surface area contributed by atoms with Gasteiger partial charge in [-0.15, -0.1) is 0 Å². The average molecular weight is 814 g/mol. The molecule has 14 nitrogen and oxygen atoms in total. The summed E-state index contributed by atoms with van der Waals surface area (Å²) in [6, 6.07) is 35.7. The van der Waals surface area contributed by atoms with Crippen LogP contribution in [-0.4, -0.2) is 86.6 Å². The second-order valence-electron chi connectivity index (χ2n) is 14.0. The number of carbonyl (C=O) groups excluding carboxylic acids is 2. The molecule has 4 aromatic carbocycles. The van der Waals surface area contributed by atoms with Crippen molar-refractivity contribution in [1.29, 1.82) is 0 Å². The van der Waals surface area contributed by atoms with Gasteiger partial charge in [0, 0.05) is 18.8 Å². The van der Waals surface area contributed by atoms with Crippen LogP contribution in [0.25, 0.3) is 10.4 Å². The van der Waals surface area contributed by atoms with E-state index in [9.17, 15) is 15.1 Å². The van der Waals surface area contributed by atoms with Crippen molar-refractivity contribution >= 4 is 11.9 Å². The van der Waals surface area contributed by atoms with Crippen LogP contribution in [0.5, 0.6) is 0 Å². The Bertz CT molecular complexity index is 1930. The fourth-order valence-electron chi connectivity index (χ4n) is 6.90. The summed E-state index contributed by atoms with van der Waals surface area (Å²) in [5.41, 5.74) is 12.8. The zero-order valence-corrected chi connectivity index (χ0v) is 32.8. The van der Waals surface area contributed by atoms with Crippen molar-refractivity contribution in [3.63, 3.8) is 0 Å². The fourth-order valence-corrected chi connectivity index (χ4v) is 6.90. The number of hydrogen-bond donors (Lipinski definition) is 0. The van der Waals surface area contributed by atoms with Crippen molar-refractivity contribution in [2.75, 3.05) is 13.2 Å². The molecule has 312 valence electrons. The molecular formula is C44H48FN3O11. The van der Waals surface area contributed by atoms with Crippen LogP contribution in [-0.2, 0) is 78.6 Å². The van der Waals surface area contributed by atoms with Crippen LogP contribution in [0.4, 0.5) is 4.39 Å². The number of rotatable bonds is 19. The molecule has 0 N–H and O–H groups in total. The summed E-state index contributed by atoms with van der Waals surface area (Å²) in [4.78, 5) is 28.0. The Labute approximate surface area is 342 Å². The molecule has 0 radical (unpaired) electrons. The molecule has 10 atom stereocenters. The first-order valence-electron chi connectivity index (χ1n) is 19.3. The highest BCUT2D eigenvalue weighted by Gasteiger charge is 2.55. The molecular weight excluding hydrogens is 765 g/mol. The van der Waals surface area contributed by atoms with Crippen molar-refractivity contribution in [2.24, 2.45) is 5.11 Å². The maximum atomic E-state index is 16.0. The third kappa shape index (κ3) is 12.6. The lowest BCUT2D eigenvalue weighted by Gasteiger charge is -2.48. The third-order valence-corrected chi connectivity index (χ3v) is 9.67. The van der Waals surface area contributed by atoms with Gasteiger partial charge < -0.3 is 42.6 Å². The van der Waals surface area contributed by atoms with Gasteiger partial charge in [-0.05, 0) is 27.8 Å². The molecule has 0 bridgehead atoms. The van der Waals surface area contributed by atoms with Crippen LogP contribution >= 0.6 is 0 Å². The van der Waals surface area contributed by atoms with Gasteiger partial charge in [-0.2, -0.15) is 0 Å². The quantitative estimate of drug-likeness (QED) is 0.0417. The Kier molecular flexibility index (Phi) is 16.3. The first-order chi connectivity index (χ1) is 28.8. The molecule has 0 saturated carbocycles. The van der Waals surface area contributed by atoms with Crippen LogP contribution in [0.3, 0.4) is 0 Å². The van der Waals surface area contributed by atoms with Gasteiger partial charge in [0.15, 0.2) is 12.4 Å².